The van der Waals surface area contributed by atoms with Gasteiger partial charge < -0.3 is 14.6 Å². The van der Waals surface area contributed by atoms with Crippen molar-refractivity contribution in [1.82, 2.24) is 19.5 Å². The van der Waals surface area contributed by atoms with Crippen LogP contribution < -0.4 is 10.1 Å². The van der Waals surface area contributed by atoms with Crippen LogP contribution in [0.5, 0.6) is 11.6 Å². The van der Waals surface area contributed by atoms with Crippen molar-refractivity contribution >= 4 is 22.7 Å². The van der Waals surface area contributed by atoms with Gasteiger partial charge in [-0.1, -0.05) is 0 Å². The number of fused-ring (bicyclic) bond motifs is 1. The zero-order valence-electron chi connectivity index (χ0n) is 19.9. The maximum absolute atomic E-state index is 9.48. The highest BCUT2D eigenvalue weighted by atomic mass is 16.5. The molecule has 0 aliphatic heterocycles. The van der Waals surface area contributed by atoms with Gasteiger partial charge in [0.25, 0.3) is 0 Å². The number of hydrogen-bond acceptors (Lipinski definition) is 7. The molecule has 36 heavy (non-hydrogen) atoms. The van der Waals surface area contributed by atoms with Gasteiger partial charge in [-0.25, -0.2) is 4.98 Å². The van der Waals surface area contributed by atoms with Crippen LogP contribution in [0, 0.1) is 36.5 Å². The van der Waals surface area contributed by atoms with Gasteiger partial charge in [0.1, 0.15) is 17.3 Å². The number of ether oxygens (including phenoxy) is 1. The monoisotopic (exact) mass is 471 g/mol. The van der Waals surface area contributed by atoms with Crippen LogP contribution in [-0.4, -0.2) is 19.5 Å². The van der Waals surface area contributed by atoms with Crippen LogP contribution in [0.4, 0.5) is 11.6 Å². The Balaban J connectivity index is 1.54. The fourth-order valence-corrected chi connectivity index (χ4v) is 4.14. The molecular formula is C28H21N7O. The third-order valence-electron chi connectivity index (χ3n) is 5.87. The number of nitrogens with zero attached hydrogens (tertiary/aromatic N) is 6. The standard InChI is InChI=1S/C28H21N7O/c1-17-12-20(23-8-10-31-16-21(23)15-30)13-18(2)26(17)36-27-25-24(9-11-35(25)3)33-28(34-27)32-22-6-4-19(14-29)5-7-22/h4-13,16H,1-3H3,(H,32,33,34). The highest BCUT2D eigenvalue weighted by Crippen LogP contribution is 2.36. The normalized spacial score (nSPS) is 10.6. The Morgan fingerprint density at radius 1 is 0.944 bits per heavy atom. The van der Waals surface area contributed by atoms with E-state index in [-0.39, 0.29) is 0 Å². The van der Waals surface area contributed by atoms with E-state index >= 15 is 0 Å². The number of anilines is 2. The Bertz CT molecular complexity index is 1670. The molecule has 3 aromatic heterocycles. The zero-order valence-corrected chi connectivity index (χ0v) is 19.9. The maximum atomic E-state index is 9.48. The Kier molecular flexibility index (Phi) is 5.77. The minimum Gasteiger partial charge on any atom is -0.436 e. The summed E-state index contributed by atoms with van der Waals surface area (Å²) < 4.78 is 8.34. The smallest absolute Gasteiger partial charge is 0.249 e. The molecule has 0 aliphatic rings. The zero-order chi connectivity index (χ0) is 25.2. The number of nitrogens with one attached hydrogen (secondary N) is 1. The summed E-state index contributed by atoms with van der Waals surface area (Å²) >= 11 is 0. The topological polar surface area (TPSA) is 112 Å². The summed E-state index contributed by atoms with van der Waals surface area (Å²) in [7, 11) is 1.92. The van der Waals surface area contributed by atoms with Crippen molar-refractivity contribution in [3.05, 3.63) is 89.4 Å². The molecule has 8 nitrogen and oxygen atoms in total. The molecule has 0 fully saturated rings. The first-order valence-corrected chi connectivity index (χ1v) is 11.2. The molecule has 0 amide bonds. The SMILES string of the molecule is Cc1cc(-c2ccncc2C#N)cc(C)c1Oc1nc(Nc2ccc(C#N)cc2)nc2ccn(C)c12. The molecule has 174 valence electrons. The summed E-state index contributed by atoms with van der Waals surface area (Å²) in [5.74, 6) is 1.50. The van der Waals surface area contributed by atoms with E-state index in [2.05, 4.69) is 32.4 Å². The van der Waals surface area contributed by atoms with E-state index in [0.29, 0.717) is 28.7 Å². The minimum atomic E-state index is 0.385. The molecule has 0 spiro atoms. The highest BCUT2D eigenvalue weighted by molar-refractivity contribution is 5.83. The molecule has 1 N–H and O–H groups in total. The Labute approximate surface area is 208 Å². The molecular weight excluding hydrogens is 450 g/mol. The molecule has 0 bridgehead atoms. The van der Waals surface area contributed by atoms with Gasteiger partial charge in [-0.3, -0.25) is 4.98 Å². The first kappa shape index (κ1) is 22.6. The number of rotatable bonds is 5. The fourth-order valence-electron chi connectivity index (χ4n) is 4.14. The molecule has 0 atom stereocenters. The summed E-state index contributed by atoms with van der Waals surface area (Å²) in [4.78, 5) is 13.4. The Morgan fingerprint density at radius 3 is 2.39 bits per heavy atom. The van der Waals surface area contributed by atoms with E-state index in [1.165, 1.54) is 0 Å². The number of aryl methyl sites for hydroxylation is 3. The summed E-state index contributed by atoms with van der Waals surface area (Å²) in [6.45, 7) is 3.94. The van der Waals surface area contributed by atoms with Crippen LogP contribution in [-0.2, 0) is 7.05 Å². The molecule has 8 heteroatoms. The van der Waals surface area contributed by atoms with Gasteiger partial charge in [-0.05, 0) is 79.1 Å². The first-order valence-electron chi connectivity index (χ1n) is 11.2. The van der Waals surface area contributed by atoms with Gasteiger partial charge in [0.2, 0.25) is 11.8 Å². The average molecular weight is 472 g/mol. The number of benzene rings is 2. The van der Waals surface area contributed by atoms with Crippen LogP contribution >= 0.6 is 0 Å². The molecule has 0 aliphatic carbocycles. The summed E-state index contributed by atoms with van der Waals surface area (Å²) in [6.07, 6.45) is 5.16. The molecule has 0 unspecified atom stereocenters. The summed E-state index contributed by atoms with van der Waals surface area (Å²) in [5, 5.41) is 21.7. The first-order chi connectivity index (χ1) is 17.5. The van der Waals surface area contributed by atoms with Crippen LogP contribution in [0.25, 0.3) is 22.2 Å². The van der Waals surface area contributed by atoms with E-state index in [1.807, 2.05) is 55.9 Å². The predicted octanol–water partition coefficient (Wildman–Crippen LogP) is 5.93. The minimum absolute atomic E-state index is 0.385. The Morgan fingerprint density at radius 2 is 1.69 bits per heavy atom. The number of pyridine rings is 1. The van der Waals surface area contributed by atoms with E-state index < -0.39 is 0 Å². The molecule has 3 heterocycles. The van der Waals surface area contributed by atoms with Gasteiger partial charge in [-0.15, -0.1) is 0 Å². The van der Waals surface area contributed by atoms with Crippen LogP contribution in [0.3, 0.4) is 0 Å². The summed E-state index contributed by atoms with van der Waals surface area (Å²) in [6, 6.07) is 19.1. The van der Waals surface area contributed by atoms with Crippen molar-refractivity contribution in [2.75, 3.05) is 5.32 Å². The second-order valence-electron chi connectivity index (χ2n) is 8.40. The van der Waals surface area contributed by atoms with Crippen molar-refractivity contribution in [3.63, 3.8) is 0 Å². The van der Waals surface area contributed by atoms with Crippen molar-refractivity contribution in [2.45, 2.75) is 13.8 Å². The maximum Gasteiger partial charge on any atom is 0.249 e. The van der Waals surface area contributed by atoms with Crippen molar-refractivity contribution < 1.29 is 4.74 Å². The van der Waals surface area contributed by atoms with E-state index in [4.69, 9.17) is 10.00 Å². The van der Waals surface area contributed by atoms with Crippen LogP contribution in [0.2, 0.25) is 0 Å². The second kappa shape index (κ2) is 9.21. The van der Waals surface area contributed by atoms with E-state index in [9.17, 15) is 5.26 Å². The molecule has 5 aromatic rings. The Hall–Kier alpha value is -5.21. The largest absolute Gasteiger partial charge is 0.436 e. The highest BCUT2D eigenvalue weighted by Gasteiger charge is 2.17. The van der Waals surface area contributed by atoms with Gasteiger partial charge in [0.05, 0.1) is 22.7 Å². The van der Waals surface area contributed by atoms with E-state index in [0.717, 1.165) is 39.0 Å². The second-order valence-corrected chi connectivity index (χ2v) is 8.40. The average Bonchev–Trinajstić information content (AvgIpc) is 3.27. The van der Waals surface area contributed by atoms with Gasteiger partial charge in [-0.2, -0.15) is 15.5 Å². The van der Waals surface area contributed by atoms with Crippen molar-refractivity contribution in [2.24, 2.45) is 7.05 Å². The van der Waals surface area contributed by atoms with Crippen molar-refractivity contribution in [3.8, 4) is 34.9 Å². The molecule has 2 aromatic carbocycles. The quantitative estimate of drug-likeness (QED) is 0.338. The van der Waals surface area contributed by atoms with E-state index in [1.54, 1.807) is 36.7 Å². The third-order valence-corrected chi connectivity index (χ3v) is 5.87. The lowest BCUT2D eigenvalue weighted by atomic mass is 9.97. The fraction of sp³-hybridized carbons (Fsp3) is 0.107. The lowest BCUT2D eigenvalue weighted by Gasteiger charge is -2.16. The van der Waals surface area contributed by atoms with Crippen LogP contribution in [0.15, 0.2) is 67.1 Å². The lowest BCUT2D eigenvalue weighted by Crippen LogP contribution is -2.02. The van der Waals surface area contributed by atoms with Gasteiger partial charge in [0, 0.05) is 36.9 Å². The van der Waals surface area contributed by atoms with Gasteiger partial charge >= 0.3 is 0 Å². The van der Waals surface area contributed by atoms with Crippen molar-refractivity contribution in [1.29, 1.82) is 10.5 Å². The van der Waals surface area contributed by atoms with Crippen LogP contribution in [0.1, 0.15) is 22.3 Å². The number of hydrogen-bond donors (Lipinski definition) is 1. The molecule has 0 saturated carbocycles. The predicted molar refractivity (Wildman–Crippen MR) is 137 cm³/mol. The lowest BCUT2D eigenvalue weighted by molar-refractivity contribution is 0.459. The third kappa shape index (κ3) is 4.20. The number of nitriles is 2. The molecule has 5 rings (SSSR count). The molecule has 0 radical (unpaired) electrons. The summed E-state index contributed by atoms with van der Waals surface area (Å²) in [5.41, 5.74) is 6.93. The number of aromatic nitrogens is 4. The molecule has 0 saturated heterocycles. The van der Waals surface area contributed by atoms with Gasteiger partial charge in [0.15, 0.2) is 0 Å².